The van der Waals surface area contributed by atoms with Crippen LogP contribution in [0.15, 0.2) is 0 Å². The molecule has 1 heterocycles. The van der Waals surface area contributed by atoms with Gasteiger partial charge in [-0.1, -0.05) is 245 Å². The summed E-state index contributed by atoms with van der Waals surface area (Å²) in [5, 5.41) is 53.8. The van der Waals surface area contributed by atoms with E-state index in [1.165, 1.54) is 193 Å². The van der Waals surface area contributed by atoms with Crippen molar-refractivity contribution in [1.29, 1.82) is 0 Å². The lowest BCUT2D eigenvalue weighted by Crippen LogP contribution is -2.60. The van der Waals surface area contributed by atoms with Crippen LogP contribution in [0.2, 0.25) is 0 Å². The fourth-order valence-electron chi connectivity index (χ4n) is 8.75. The third-order valence-electron chi connectivity index (χ3n) is 13.0. The summed E-state index contributed by atoms with van der Waals surface area (Å²) in [4.78, 5) is 12.8. The van der Waals surface area contributed by atoms with Crippen LogP contribution in [0.5, 0.6) is 0 Å². The van der Waals surface area contributed by atoms with Crippen molar-refractivity contribution in [1.82, 2.24) is 5.32 Å². The van der Waals surface area contributed by atoms with Gasteiger partial charge in [-0.2, -0.15) is 0 Å². The van der Waals surface area contributed by atoms with E-state index in [1.807, 2.05) is 0 Å². The molecule has 1 fully saturated rings. The normalized spacial score (nSPS) is 20.4. The van der Waals surface area contributed by atoms with Crippen LogP contribution in [0.1, 0.15) is 264 Å². The van der Waals surface area contributed by atoms with E-state index in [1.54, 1.807) is 0 Å². The summed E-state index contributed by atoms with van der Waals surface area (Å²) in [7, 11) is 0. The molecule has 7 unspecified atom stereocenters. The van der Waals surface area contributed by atoms with E-state index in [-0.39, 0.29) is 12.5 Å². The van der Waals surface area contributed by atoms with Crippen LogP contribution < -0.4 is 5.32 Å². The number of rotatable bonds is 45. The van der Waals surface area contributed by atoms with E-state index in [9.17, 15) is 30.3 Å². The molecule has 0 aliphatic carbocycles. The monoisotopic (exact) mass is 856 g/mol. The minimum Gasteiger partial charge on any atom is -0.394 e. The lowest BCUT2D eigenvalue weighted by molar-refractivity contribution is -0.302. The van der Waals surface area contributed by atoms with Gasteiger partial charge in [-0.3, -0.25) is 4.79 Å². The highest BCUT2D eigenvalue weighted by Crippen LogP contribution is 2.23. The van der Waals surface area contributed by atoms with Gasteiger partial charge in [0.25, 0.3) is 0 Å². The highest BCUT2D eigenvalue weighted by atomic mass is 16.7. The van der Waals surface area contributed by atoms with Gasteiger partial charge in [-0.05, 0) is 12.8 Å². The Morgan fingerprint density at radius 1 is 0.500 bits per heavy atom. The number of aliphatic hydroxyl groups is 5. The average Bonchev–Trinajstić information content (AvgIpc) is 3.25. The molecule has 9 nitrogen and oxygen atoms in total. The number of amides is 1. The number of hydrogen-bond donors (Lipinski definition) is 6. The Morgan fingerprint density at radius 2 is 0.833 bits per heavy atom. The molecule has 0 aromatic rings. The molecule has 1 rings (SSSR count). The van der Waals surface area contributed by atoms with E-state index < -0.39 is 49.5 Å². The second-order valence-electron chi connectivity index (χ2n) is 18.7. The number of carbonyl (C=O) groups excluding carboxylic acids is 1. The van der Waals surface area contributed by atoms with E-state index in [0.29, 0.717) is 12.8 Å². The van der Waals surface area contributed by atoms with Crippen molar-refractivity contribution in [3.05, 3.63) is 0 Å². The number of ether oxygens (including phenoxy) is 2. The zero-order valence-corrected chi connectivity index (χ0v) is 39.5. The van der Waals surface area contributed by atoms with E-state index >= 15 is 0 Å². The number of hydrogen-bond acceptors (Lipinski definition) is 8. The van der Waals surface area contributed by atoms with Gasteiger partial charge in [0, 0.05) is 6.42 Å². The fourth-order valence-corrected chi connectivity index (χ4v) is 8.75. The Bertz CT molecular complexity index is 908. The summed E-state index contributed by atoms with van der Waals surface area (Å²) in [5.41, 5.74) is 0. The molecular formula is C51H101NO8. The maximum absolute atomic E-state index is 12.8. The topological polar surface area (TPSA) is 149 Å². The molecule has 0 aromatic carbocycles. The van der Waals surface area contributed by atoms with Gasteiger partial charge in [0.05, 0.1) is 25.4 Å². The van der Waals surface area contributed by atoms with Crippen molar-refractivity contribution in [3.63, 3.8) is 0 Å². The summed E-state index contributed by atoms with van der Waals surface area (Å²) in [6, 6.07) is -0.709. The lowest BCUT2D eigenvalue weighted by atomic mass is 9.99. The van der Waals surface area contributed by atoms with Crippen molar-refractivity contribution in [2.75, 3.05) is 13.2 Å². The van der Waals surface area contributed by atoms with E-state index in [2.05, 4.69) is 19.2 Å². The molecule has 0 aromatic heterocycles. The third kappa shape index (κ3) is 31.9. The summed E-state index contributed by atoms with van der Waals surface area (Å²) >= 11 is 0. The highest BCUT2D eigenvalue weighted by Gasteiger charge is 2.44. The minimum absolute atomic E-state index is 0.136. The summed E-state index contributed by atoms with van der Waals surface area (Å²) in [6.45, 7) is 3.73. The maximum Gasteiger partial charge on any atom is 0.220 e. The predicted octanol–water partition coefficient (Wildman–Crippen LogP) is 11.9. The first-order valence-corrected chi connectivity index (χ1v) is 26.2. The van der Waals surface area contributed by atoms with Crippen LogP contribution in [0.25, 0.3) is 0 Å². The van der Waals surface area contributed by atoms with Crippen molar-refractivity contribution in [3.8, 4) is 0 Å². The first-order chi connectivity index (χ1) is 29.3. The Morgan fingerprint density at radius 3 is 1.18 bits per heavy atom. The average molecular weight is 856 g/mol. The zero-order chi connectivity index (χ0) is 43.7. The largest absolute Gasteiger partial charge is 0.394 e. The van der Waals surface area contributed by atoms with Crippen LogP contribution in [0.3, 0.4) is 0 Å². The smallest absolute Gasteiger partial charge is 0.220 e. The van der Waals surface area contributed by atoms with Crippen LogP contribution >= 0.6 is 0 Å². The molecular weight excluding hydrogens is 755 g/mol. The minimum atomic E-state index is -1.55. The number of nitrogens with one attached hydrogen (secondary N) is 1. The number of aliphatic hydroxyl groups excluding tert-OH is 5. The Hall–Kier alpha value is -0.810. The molecule has 6 N–H and O–H groups in total. The van der Waals surface area contributed by atoms with Crippen molar-refractivity contribution in [2.45, 2.75) is 307 Å². The van der Waals surface area contributed by atoms with Gasteiger partial charge in [-0.15, -0.1) is 0 Å². The molecule has 0 radical (unpaired) electrons. The SMILES string of the molecule is CCCCCCCCCCCCCCCCCCCCCCCCCCCCCCCCCCCC(=O)NC(COC1OC(CO)C(O)C(O)C1O)C(O)CCCCCC. The van der Waals surface area contributed by atoms with Crippen molar-refractivity contribution >= 4 is 5.91 Å². The molecule has 60 heavy (non-hydrogen) atoms. The van der Waals surface area contributed by atoms with E-state index in [0.717, 1.165) is 44.9 Å². The first kappa shape index (κ1) is 57.2. The Labute approximate surface area is 370 Å². The summed E-state index contributed by atoms with van der Waals surface area (Å²) in [6.07, 6.45) is 42.3. The van der Waals surface area contributed by atoms with Crippen LogP contribution in [-0.2, 0) is 14.3 Å². The van der Waals surface area contributed by atoms with Crippen LogP contribution in [0, 0.1) is 0 Å². The molecule has 1 aliphatic heterocycles. The quantitative estimate of drug-likeness (QED) is 0.0332. The van der Waals surface area contributed by atoms with Gasteiger partial charge in [-0.25, -0.2) is 0 Å². The van der Waals surface area contributed by atoms with Gasteiger partial charge >= 0.3 is 0 Å². The van der Waals surface area contributed by atoms with Crippen molar-refractivity contribution < 1.29 is 39.8 Å². The van der Waals surface area contributed by atoms with Crippen LogP contribution in [0.4, 0.5) is 0 Å². The second-order valence-corrected chi connectivity index (χ2v) is 18.7. The predicted molar refractivity (Wildman–Crippen MR) is 249 cm³/mol. The lowest BCUT2D eigenvalue weighted by Gasteiger charge is -2.40. The van der Waals surface area contributed by atoms with Gasteiger partial charge in [0.1, 0.15) is 24.4 Å². The standard InChI is InChI=1S/C51H101NO8/c1-3-5-7-9-10-11-12-13-14-15-16-17-18-19-20-21-22-23-24-25-26-27-28-29-30-31-32-33-34-35-36-37-39-41-47(55)52-44(45(54)40-38-8-6-4-2)43-59-51-50(58)49(57)48(56)46(42-53)60-51/h44-46,48-51,53-54,56-58H,3-43H2,1-2H3,(H,52,55). The molecule has 1 amide bonds. The van der Waals surface area contributed by atoms with Crippen LogP contribution in [-0.4, -0.2) is 87.5 Å². The van der Waals surface area contributed by atoms with Gasteiger partial charge < -0.3 is 40.3 Å². The highest BCUT2D eigenvalue weighted by molar-refractivity contribution is 5.76. The fraction of sp³-hybridized carbons (Fsp3) is 0.980. The van der Waals surface area contributed by atoms with Gasteiger partial charge in [0.2, 0.25) is 5.91 Å². The Balaban J connectivity index is 1.94. The van der Waals surface area contributed by atoms with E-state index in [4.69, 9.17) is 9.47 Å². The number of carbonyl (C=O) groups is 1. The molecule has 0 saturated carbocycles. The second kappa shape index (κ2) is 42.2. The molecule has 358 valence electrons. The third-order valence-corrected chi connectivity index (χ3v) is 13.0. The number of unbranched alkanes of at least 4 members (excludes halogenated alkanes) is 35. The Kier molecular flexibility index (Phi) is 40.2. The molecule has 1 aliphatic rings. The van der Waals surface area contributed by atoms with Crippen molar-refractivity contribution in [2.24, 2.45) is 0 Å². The first-order valence-electron chi connectivity index (χ1n) is 26.2. The summed E-state index contributed by atoms with van der Waals surface area (Å²) < 4.78 is 11.1. The van der Waals surface area contributed by atoms with Gasteiger partial charge in [0.15, 0.2) is 6.29 Å². The molecule has 1 saturated heterocycles. The molecule has 7 atom stereocenters. The molecule has 0 spiro atoms. The zero-order valence-electron chi connectivity index (χ0n) is 39.5. The maximum atomic E-state index is 12.8. The molecule has 9 heteroatoms. The molecule has 0 bridgehead atoms. The summed E-state index contributed by atoms with van der Waals surface area (Å²) in [5.74, 6) is -0.147.